The number of aliphatic hydroxyl groups excluding tert-OH is 1. The molecule has 0 radical (unpaired) electrons. The van der Waals surface area contributed by atoms with Gasteiger partial charge in [-0.25, -0.2) is 4.79 Å². The molecule has 3 saturated heterocycles. The summed E-state index contributed by atoms with van der Waals surface area (Å²) >= 11 is 0. The van der Waals surface area contributed by atoms with E-state index in [9.17, 15) is 14.4 Å². The lowest BCUT2D eigenvalue weighted by atomic mass is 9.89. The highest BCUT2D eigenvalue weighted by Crippen LogP contribution is 2.59. The van der Waals surface area contributed by atoms with Crippen molar-refractivity contribution >= 4 is 23.9 Å². The second-order valence-corrected chi connectivity index (χ2v) is 14.2. The summed E-state index contributed by atoms with van der Waals surface area (Å²) in [4.78, 5) is 41.9. The zero-order valence-electron chi connectivity index (χ0n) is 26.2. The molecule has 7 atom stereocenters. The largest absolute Gasteiger partial charge is 0.456 e. The third-order valence-corrected chi connectivity index (χ3v) is 10.9. The molecule has 2 amide bonds. The Morgan fingerprint density at radius 3 is 2.50 bits per heavy atom. The monoisotopic (exact) mass is 632 g/mol. The molecule has 3 saturated carbocycles. The van der Waals surface area contributed by atoms with Crippen molar-refractivity contribution in [3.63, 3.8) is 0 Å². The van der Waals surface area contributed by atoms with Crippen LogP contribution in [0.3, 0.4) is 0 Å². The van der Waals surface area contributed by atoms with Crippen molar-refractivity contribution in [3.05, 3.63) is 53.1 Å². The van der Waals surface area contributed by atoms with Crippen LogP contribution in [-0.2, 0) is 28.5 Å². The second kappa shape index (κ2) is 12.2. The summed E-state index contributed by atoms with van der Waals surface area (Å²) < 4.78 is 25.3. The van der Waals surface area contributed by atoms with Gasteiger partial charge in [0.25, 0.3) is 0 Å². The van der Waals surface area contributed by atoms with E-state index in [0.717, 1.165) is 50.5 Å². The van der Waals surface area contributed by atoms with E-state index in [4.69, 9.17) is 24.1 Å². The summed E-state index contributed by atoms with van der Waals surface area (Å²) in [6.07, 6.45) is 14.4. The van der Waals surface area contributed by atoms with E-state index in [0.29, 0.717) is 60.5 Å². The number of amides is 2. The topological polar surface area (TPSA) is 127 Å². The summed E-state index contributed by atoms with van der Waals surface area (Å²) in [5.74, 6) is -0.484. The molecule has 8 rings (SSSR count). The molecule has 0 aromatic heterocycles. The van der Waals surface area contributed by atoms with Gasteiger partial charge in [0.05, 0.1) is 24.4 Å². The summed E-state index contributed by atoms with van der Waals surface area (Å²) in [6, 6.07) is 6.84. The molecular weight excluding hydrogens is 588 g/mol. The third kappa shape index (κ3) is 5.93. The van der Waals surface area contributed by atoms with Gasteiger partial charge in [0.2, 0.25) is 11.8 Å². The van der Waals surface area contributed by atoms with Crippen molar-refractivity contribution in [2.75, 3.05) is 19.7 Å². The number of aliphatic hydroxyl groups is 1. The standard InChI is InChI=1S/C36H44N2O8/c39-17-15-37-33(40)27-2-1-16-38(27)34(41)24-19-30(32-31(20-24)45-36(46-32,25-10-11-25)26-12-13-26)44-35(42)23-8-5-21(6-9-23)3-4-22-7-14-28-29(18-22)43-28/h3-6,8-9,20,22,25-32,39H,1-2,7,10-19H2,(H,37,40)/t22?,27-,28?,29?,30-,31-,32+/m1/s1. The van der Waals surface area contributed by atoms with Crippen LogP contribution in [-0.4, -0.2) is 89.8 Å². The lowest BCUT2D eigenvalue weighted by Crippen LogP contribution is -2.49. The number of nitrogens with one attached hydrogen (secondary N) is 1. The Labute approximate surface area is 269 Å². The normalized spacial score (nSPS) is 34.5. The van der Waals surface area contributed by atoms with Crippen molar-refractivity contribution in [1.82, 2.24) is 10.2 Å². The fourth-order valence-corrected chi connectivity index (χ4v) is 8.12. The average molecular weight is 633 g/mol. The number of nitrogens with zero attached hydrogens (tertiary/aromatic N) is 1. The number of benzene rings is 1. The molecule has 0 spiro atoms. The maximum absolute atomic E-state index is 13.9. The maximum Gasteiger partial charge on any atom is 0.338 e. The zero-order valence-corrected chi connectivity index (χ0v) is 26.2. The zero-order chi connectivity index (χ0) is 31.4. The van der Waals surface area contributed by atoms with Crippen molar-refractivity contribution in [3.8, 4) is 0 Å². The summed E-state index contributed by atoms with van der Waals surface area (Å²) in [5, 5.41) is 11.9. The SMILES string of the molecule is O=C(O[C@@H]1CC(C(=O)N2CCC[C@@H]2C(=O)NCCO)=C[C@H]2OC(C3CC3)(C3CC3)O[C@H]21)c1ccc(C=CC2CCC3OC3C2)cc1. The van der Waals surface area contributed by atoms with Crippen LogP contribution in [0.1, 0.15) is 80.1 Å². The molecule has 1 aromatic carbocycles. The smallest absolute Gasteiger partial charge is 0.338 e. The number of fused-ring (bicyclic) bond motifs is 2. The van der Waals surface area contributed by atoms with Crippen LogP contribution >= 0.6 is 0 Å². The number of epoxide rings is 1. The molecule has 2 N–H and O–H groups in total. The molecule has 246 valence electrons. The van der Waals surface area contributed by atoms with Crippen LogP contribution in [0.2, 0.25) is 0 Å². The maximum atomic E-state index is 13.9. The van der Waals surface area contributed by atoms with E-state index < -0.39 is 36.1 Å². The minimum Gasteiger partial charge on any atom is -0.456 e. The number of rotatable bonds is 10. The van der Waals surface area contributed by atoms with Crippen molar-refractivity contribution in [2.45, 2.75) is 107 Å². The van der Waals surface area contributed by atoms with Gasteiger partial charge in [0.1, 0.15) is 24.4 Å². The number of esters is 1. The summed E-state index contributed by atoms with van der Waals surface area (Å²) in [7, 11) is 0. The van der Waals surface area contributed by atoms with Gasteiger partial charge in [-0.2, -0.15) is 0 Å². The Kier molecular flexibility index (Phi) is 8.03. The number of carbonyl (C=O) groups excluding carboxylic acids is 3. The summed E-state index contributed by atoms with van der Waals surface area (Å²) in [5.41, 5.74) is 1.95. The minimum absolute atomic E-state index is 0.144. The first kappa shape index (κ1) is 30.3. The predicted molar refractivity (Wildman–Crippen MR) is 166 cm³/mol. The Balaban J connectivity index is 0.985. The Morgan fingerprint density at radius 2 is 1.78 bits per heavy atom. The molecule has 0 bridgehead atoms. The molecule has 10 nitrogen and oxygen atoms in total. The Morgan fingerprint density at radius 1 is 1.00 bits per heavy atom. The van der Waals surface area contributed by atoms with E-state index in [1.807, 2.05) is 18.2 Å². The highest BCUT2D eigenvalue weighted by atomic mass is 16.8. The van der Waals surface area contributed by atoms with Crippen molar-refractivity contribution in [2.24, 2.45) is 17.8 Å². The molecule has 10 heteroatoms. The van der Waals surface area contributed by atoms with E-state index in [1.165, 1.54) is 0 Å². The van der Waals surface area contributed by atoms with Crippen molar-refractivity contribution < 1.29 is 38.4 Å². The van der Waals surface area contributed by atoms with Crippen LogP contribution < -0.4 is 5.32 Å². The van der Waals surface area contributed by atoms with Gasteiger partial charge in [0.15, 0.2) is 5.79 Å². The number of likely N-dealkylation sites (tertiary alicyclic amines) is 1. The van der Waals surface area contributed by atoms with Crippen LogP contribution in [0.4, 0.5) is 0 Å². The van der Waals surface area contributed by atoms with Gasteiger partial charge >= 0.3 is 5.97 Å². The molecule has 7 aliphatic rings. The second-order valence-electron chi connectivity index (χ2n) is 14.2. The quantitative estimate of drug-likeness (QED) is 0.297. The first-order chi connectivity index (χ1) is 22.4. The first-order valence-corrected chi connectivity index (χ1v) is 17.3. The highest BCUT2D eigenvalue weighted by molar-refractivity contribution is 5.98. The summed E-state index contributed by atoms with van der Waals surface area (Å²) in [6.45, 7) is 0.449. The number of allylic oxidation sites excluding steroid dienone is 1. The van der Waals surface area contributed by atoms with Crippen LogP contribution in [0.25, 0.3) is 6.08 Å². The number of carbonyl (C=O) groups is 3. The van der Waals surface area contributed by atoms with E-state index in [2.05, 4.69) is 17.5 Å². The average Bonchev–Trinajstić information content (AvgIpc) is 3.99. The molecule has 1 aromatic rings. The molecular formula is C36H44N2O8. The van der Waals surface area contributed by atoms with Crippen LogP contribution in [0, 0.1) is 17.8 Å². The van der Waals surface area contributed by atoms with Gasteiger partial charge < -0.3 is 34.3 Å². The lowest BCUT2D eigenvalue weighted by molar-refractivity contribution is -0.209. The number of ether oxygens (including phenoxy) is 4. The lowest BCUT2D eigenvalue weighted by Gasteiger charge is -2.33. The highest BCUT2D eigenvalue weighted by Gasteiger charge is 2.64. The molecule has 3 unspecified atom stereocenters. The fourth-order valence-electron chi connectivity index (χ4n) is 8.12. The van der Waals surface area contributed by atoms with E-state index in [1.54, 1.807) is 17.0 Å². The molecule has 6 fully saturated rings. The predicted octanol–water partition coefficient (Wildman–Crippen LogP) is 3.52. The van der Waals surface area contributed by atoms with Gasteiger partial charge in [-0.05, 0) is 87.5 Å². The van der Waals surface area contributed by atoms with Gasteiger partial charge in [-0.1, -0.05) is 24.3 Å². The molecule has 46 heavy (non-hydrogen) atoms. The van der Waals surface area contributed by atoms with Crippen LogP contribution in [0.15, 0.2) is 42.0 Å². The van der Waals surface area contributed by atoms with E-state index in [-0.39, 0.29) is 31.4 Å². The molecule has 4 aliphatic carbocycles. The van der Waals surface area contributed by atoms with Crippen LogP contribution in [0.5, 0.6) is 0 Å². The first-order valence-electron chi connectivity index (χ1n) is 17.3. The van der Waals surface area contributed by atoms with Gasteiger partial charge in [0, 0.05) is 36.9 Å². The number of hydrogen-bond acceptors (Lipinski definition) is 8. The van der Waals surface area contributed by atoms with E-state index >= 15 is 0 Å². The molecule has 3 aliphatic heterocycles. The number of hydrogen-bond donors (Lipinski definition) is 2. The van der Waals surface area contributed by atoms with Gasteiger partial charge in [-0.3, -0.25) is 9.59 Å². The Bertz CT molecular complexity index is 1400. The fraction of sp³-hybridized carbons (Fsp3) is 0.639. The molecule has 3 heterocycles. The third-order valence-electron chi connectivity index (χ3n) is 10.9. The van der Waals surface area contributed by atoms with Crippen molar-refractivity contribution in [1.29, 1.82) is 0 Å². The Hall–Kier alpha value is -3.05. The van der Waals surface area contributed by atoms with Gasteiger partial charge in [-0.15, -0.1) is 0 Å². The minimum atomic E-state index is -0.704.